The van der Waals surface area contributed by atoms with Gasteiger partial charge in [-0.25, -0.2) is 4.79 Å². The zero-order valence-corrected chi connectivity index (χ0v) is 10.4. The van der Waals surface area contributed by atoms with E-state index in [-0.39, 0.29) is 17.7 Å². The van der Waals surface area contributed by atoms with Crippen LogP contribution in [0.2, 0.25) is 0 Å². The van der Waals surface area contributed by atoms with E-state index in [1.165, 1.54) is 32.1 Å². The topological polar surface area (TPSA) is 38.8 Å². The quantitative estimate of drug-likeness (QED) is 0.544. The van der Waals surface area contributed by atoms with E-state index in [1.54, 1.807) is 0 Å². The predicted molar refractivity (Wildman–Crippen MR) is 61.3 cm³/mol. The Hall–Kier alpha value is -0.570. The van der Waals surface area contributed by atoms with Gasteiger partial charge in [-0.3, -0.25) is 0 Å². The molecule has 1 atom stereocenters. The second-order valence-electron chi connectivity index (χ2n) is 6.41. The van der Waals surface area contributed by atoms with Crippen molar-refractivity contribution in [1.82, 2.24) is 0 Å². The number of esters is 1. The van der Waals surface area contributed by atoms with Crippen LogP contribution in [0.4, 0.5) is 0 Å². The molecule has 0 N–H and O–H groups in total. The number of epoxide rings is 1. The molecule has 1 saturated heterocycles. The van der Waals surface area contributed by atoms with Crippen LogP contribution in [0.15, 0.2) is 0 Å². The summed E-state index contributed by atoms with van der Waals surface area (Å²) in [7, 11) is 0. The lowest BCUT2D eigenvalue weighted by Gasteiger charge is -2.53. The third kappa shape index (κ3) is 1.24. The van der Waals surface area contributed by atoms with Crippen molar-refractivity contribution in [3.63, 3.8) is 0 Å². The predicted octanol–water partition coefficient (Wildman–Crippen LogP) is 2.14. The molecule has 94 valence electrons. The van der Waals surface area contributed by atoms with E-state index >= 15 is 0 Å². The first-order valence-corrected chi connectivity index (χ1v) is 7.08. The van der Waals surface area contributed by atoms with E-state index in [9.17, 15) is 4.79 Å². The van der Waals surface area contributed by atoms with Crippen molar-refractivity contribution in [3.8, 4) is 0 Å². The van der Waals surface area contributed by atoms with Crippen molar-refractivity contribution < 1.29 is 14.3 Å². The maximum absolute atomic E-state index is 11.9. The minimum absolute atomic E-state index is 0.0837. The van der Waals surface area contributed by atoms with E-state index in [1.807, 2.05) is 6.92 Å². The molecule has 5 rings (SSSR count). The van der Waals surface area contributed by atoms with Gasteiger partial charge in [-0.05, 0) is 62.7 Å². The Kier molecular flexibility index (Phi) is 1.98. The molecule has 3 heteroatoms. The van der Waals surface area contributed by atoms with Crippen LogP contribution in [0.25, 0.3) is 0 Å². The van der Waals surface area contributed by atoms with Gasteiger partial charge in [0, 0.05) is 0 Å². The number of carbonyl (C=O) groups excluding carboxylic acids is 1. The lowest BCUT2D eigenvalue weighted by Crippen LogP contribution is -2.52. The van der Waals surface area contributed by atoms with Gasteiger partial charge in [0.2, 0.25) is 0 Å². The highest BCUT2D eigenvalue weighted by atomic mass is 16.7. The molecule has 4 saturated carbocycles. The molecule has 0 aromatic carbocycles. The molecule has 1 aliphatic heterocycles. The number of hydrogen-bond acceptors (Lipinski definition) is 3. The van der Waals surface area contributed by atoms with Crippen LogP contribution in [0.3, 0.4) is 0 Å². The van der Waals surface area contributed by atoms with E-state index in [0.717, 1.165) is 11.8 Å². The molecule has 4 bridgehead atoms. The summed E-state index contributed by atoms with van der Waals surface area (Å²) in [5.74, 6) is 3.03. The van der Waals surface area contributed by atoms with Crippen LogP contribution in [0, 0.1) is 23.7 Å². The summed E-state index contributed by atoms with van der Waals surface area (Å²) in [5, 5.41) is 0. The SMILES string of the molecule is CCOC(=O)C1OC12C1CC3CC(C1)CC2C3. The van der Waals surface area contributed by atoms with Crippen LogP contribution in [-0.4, -0.2) is 24.3 Å². The van der Waals surface area contributed by atoms with Gasteiger partial charge in [0.1, 0.15) is 5.60 Å². The van der Waals surface area contributed by atoms with Crippen molar-refractivity contribution >= 4 is 5.97 Å². The molecule has 0 aromatic rings. The fraction of sp³-hybridized carbons (Fsp3) is 0.929. The van der Waals surface area contributed by atoms with Crippen molar-refractivity contribution in [2.24, 2.45) is 23.7 Å². The van der Waals surface area contributed by atoms with Crippen LogP contribution in [0.1, 0.15) is 39.0 Å². The summed E-state index contributed by atoms with van der Waals surface area (Å²) in [6, 6.07) is 0. The Morgan fingerprint density at radius 1 is 1.18 bits per heavy atom. The number of hydrogen-bond donors (Lipinski definition) is 0. The molecule has 1 heterocycles. The van der Waals surface area contributed by atoms with E-state index < -0.39 is 0 Å². The molecular weight excluding hydrogens is 216 g/mol. The number of carbonyl (C=O) groups is 1. The molecule has 1 spiro atoms. The summed E-state index contributed by atoms with van der Waals surface area (Å²) in [5.41, 5.74) is -0.0837. The maximum Gasteiger partial charge on any atom is 0.338 e. The Bertz CT molecular complexity index is 334. The van der Waals surface area contributed by atoms with Crippen LogP contribution >= 0.6 is 0 Å². The molecule has 4 aliphatic carbocycles. The second kappa shape index (κ2) is 3.25. The molecule has 1 unspecified atom stereocenters. The third-order valence-electron chi connectivity index (χ3n) is 5.59. The number of rotatable bonds is 2. The molecule has 0 radical (unpaired) electrons. The van der Waals surface area contributed by atoms with E-state index in [0.29, 0.717) is 18.4 Å². The molecule has 3 nitrogen and oxygen atoms in total. The minimum Gasteiger partial charge on any atom is -0.464 e. The van der Waals surface area contributed by atoms with Crippen LogP contribution in [-0.2, 0) is 14.3 Å². The lowest BCUT2D eigenvalue weighted by atomic mass is 9.51. The van der Waals surface area contributed by atoms with Gasteiger partial charge in [-0.2, -0.15) is 0 Å². The average Bonchev–Trinajstić information content (AvgIpc) is 3.02. The minimum atomic E-state index is -0.225. The standard InChI is InChI=1S/C14H20O3/c1-2-16-13(15)12-14(17-12)10-4-8-3-9(6-10)7-11(14)5-8/h8-12H,2-7H2,1H3. The van der Waals surface area contributed by atoms with E-state index in [2.05, 4.69) is 0 Å². The first kappa shape index (κ1) is 10.4. The summed E-state index contributed by atoms with van der Waals surface area (Å²) in [6.45, 7) is 2.33. The first-order chi connectivity index (χ1) is 8.24. The van der Waals surface area contributed by atoms with Crippen LogP contribution in [0.5, 0.6) is 0 Å². The molecule has 0 aromatic heterocycles. The zero-order valence-electron chi connectivity index (χ0n) is 10.4. The highest BCUT2D eigenvalue weighted by molar-refractivity contribution is 5.79. The zero-order chi connectivity index (χ0) is 11.6. The highest BCUT2D eigenvalue weighted by Crippen LogP contribution is 2.66. The normalized spacial score (nSPS) is 54.1. The maximum atomic E-state index is 11.9. The van der Waals surface area contributed by atoms with Crippen molar-refractivity contribution in [3.05, 3.63) is 0 Å². The Balaban J connectivity index is 1.58. The monoisotopic (exact) mass is 236 g/mol. The summed E-state index contributed by atoms with van der Waals surface area (Å²) in [6.07, 6.45) is 6.39. The number of ether oxygens (including phenoxy) is 2. The average molecular weight is 236 g/mol. The highest BCUT2D eigenvalue weighted by Gasteiger charge is 2.73. The van der Waals surface area contributed by atoms with Crippen molar-refractivity contribution in [1.29, 1.82) is 0 Å². The van der Waals surface area contributed by atoms with Gasteiger partial charge in [-0.1, -0.05) is 0 Å². The van der Waals surface area contributed by atoms with Gasteiger partial charge in [-0.15, -0.1) is 0 Å². The van der Waals surface area contributed by atoms with Gasteiger partial charge < -0.3 is 9.47 Å². The fourth-order valence-corrected chi connectivity index (χ4v) is 5.16. The second-order valence-corrected chi connectivity index (χ2v) is 6.41. The van der Waals surface area contributed by atoms with Gasteiger partial charge in [0.15, 0.2) is 6.10 Å². The molecule has 0 amide bonds. The van der Waals surface area contributed by atoms with Gasteiger partial charge in [0.25, 0.3) is 0 Å². The summed E-state index contributed by atoms with van der Waals surface area (Å²) < 4.78 is 11.1. The largest absolute Gasteiger partial charge is 0.464 e. The van der Waals surface area contributed by atoms with E-state index in [4.69, 9.17) is 9.47 Å². The molecule has 5 aliphatic rings. The lowest BCUT2D eigenvalue weighted by molar-refractivity contribution is -0.144. The molecular formula is C14H20O3. The van der Waals surface area contributed by atoms with Gasteiger partial charge in [0.05, 0.1) is 6.61 Å². The smallest absolute Gasteiger partial charge is 0.338 e. The Labute approximate surface area is 102 Å². The third-order valence-corrected chi connectivity index (χ3v) is 5.59. The molecule has 17 heavy (non-hydrogen) atoms. The molecule has 5 fully saturated rings. The Morgan fingerprint density at radius 3 is 2.29 bits per heavy atom. The summed E-state index contributed by atoms with van der Waals surface area (Å²) in [4.78, 5) is 11.9. The van der Waals surface area contributed by atoms with Crippen molar-refractivity contribution in [2.45, 2.75) is 50.7 Å². The van der Waals surface area contributed by atoms with Crippen molar-refractivity contribution in [2.75, 3.05) is 6.61 Å². The fourth-order valence-electron chi connectivity index (χ4n) is 5.16. The first-order valence-electron chi connectivity index (χ1n) is 7.08. The Morgan fingerprint density at radius 2 is 1.76 bits per heavy atom. The summed E-state index contributed by atoms with van der Waals surface area (Å²) >= 11 is 0. The van der Waals surface area contributed by atoms with Crippen LogP contribution < -0.4 is 0 Å². The van der Waals surface area contributed by atoms with Gasteiger partial charge >= 0.3 is 5.97 Å².